The van der Waals surface area contributed by atoms with Crippen LogP contribution in [0.5, 0.6) is 0 Å². The molecule has 0 aliphatic carbocycles. The van der Waals surface area contributed by atoms with Crippen LogP contribution in [0.25, 0.3) is 10.9 Å². The van der Waals surface area contributed by atoms with Gasteiger partial charge in [0.25, 0.3) is 0 Å². The minimum atomic E-state index is -0.892. The molecule has 6 heteroatoms. The Morgan fingerprint density at radius 1 is 1.07 bits per heavy atom. The number of benzene rings is 2. The molecule has 1 aliphatic heterocycles. The number of rotatable bonds is 7. The molecule has 1 saturated heterocycles. The van der Waals surface area contributed by atoms with Gasteiger partial charge in [0.15, 0.2) is 0 Å². The quantitative estimate of drug-likeness (QED) is 0.590. The zero-order chi connectivity index (χ0) is 20.2. The van der Waals surface area contributed by atoms with Gasteiger partial charge in [0, 0.05) is 49.0 Å². The predicted octanol–water partition coefficient (Wildman–Crippen LogP) is 4.15. The topological polar surface area (TPSA) is 59.6 Å². The highest BCUT2D eigenvalue weighted by molar-refractivity contribution is 5.94. The average Bonchev–Trinajstić information content (AvgIpc) is 3.14. The van der Waals surface area contributed by atoms with Crippen molar-refractivity contribution < 1.29 is 14.3 Å². The summed E-state index contributed by atoms with van der Waals surface area (Å²) in [5, 5.41) is 10.2. The van der Waals surface area contributed by atoms with Gasteiger partial charge in [0.05, 0.1) is 5.56 Å². The molecule has 0 radical (unpaired) electrons. The summed E-state index contributed by atoms with van der Waals surface area (Å²) in [5.41, 5.74) is 3.46. The van der Waals surface area contributed by atoms with E-state index in [-0.39, 0.29) is 5.82 Å². The third kappa shape index (κ3) is 4.59. The van der Waals surface area contributed by atoms with Gasteiger partial charge in [-0.15, -0.1) is 0 Å². The third-order valence-electron chi connectivity index (χ3n) is 5.73. The molecule has 2 N–H and O–H groups in total. The van der Waals surface area contributed by atoms with Crippen LogP contribution >= 0.6 is 0 Å². The molecule has 0 saturated carbocycles. The van der Waals surface area contributed by atoms with Gasteiger partial charge >= 0.3 is 5.97 Å². The van der Waals surface area contributed by atoms with Crippen molar-refractivity contribution in [2.45, 2.75) is 19.3 Å². The summed E-state index contributed by atoms with van der Waals surface area (Å²) in [6, 6.07) is 12.0. The molecule has 1 aliphatic rings. The van der Waals surface area contributed by atoms with Gasteiger partial charge in [0.2, 0.25) is 0 Å². The van der Waals surface area contributed by atoms with Crippen molar-refractivity contribution in [1.82, 2.24) is 9.88 Å². The minimum Gasteiger partial charge on any atom is -0.478 e. The summed E-state index contributed by atoms with van der Waals surface area (Å²) >= 11 is 0. The summed E-state index contributed by atoms with van der Waals surface area (Å²) in [6.45, 7) is 4.88. The van der Waals surface area contributed by atoms with Gasteiger partial charge in [-0.25, -0.2) is 9.18 Å². The van der Waals surface area contributed by atoms with Crippen LogP contribution in [0.4, 0.5) is 10.1 Å². The van der Waals surface area contributed by atoms with Crippen LogP contribution in [0.15, 0.2) is 48.7 Å². The fraction of sp³-hybridized carbons (Fsp3) is 0.348. The maximum Gasteiger partial charge on any atom is 0.335 e. The first-order chi connectivity index (χ1) is 14.1. The Hall–Kier alpha value is -2.86. The predicted molar refractivity (Wildman–Crippen MR) is 113 cm³/mol. The van der Waals surface area contributed by atoms with Crippen molar-refractivity contribution in [2.75, 3.05) is 37.6 Å². The lowest BCUT2D eigenvalue weighted by Crippen LogP contribution is -2.46. The van der Waals surface area contributed by atoms with Crippen molar-refractivity contribution in [1.29, 1.82) is 0 Å². The second-order valence-corrected chi connectivity index (χ2v) is 7.65. The van der Waals surface area contributed by atoms with E-state index in [0.29, 0.717) is 5.56 Å². The molecule has 4 rings (SSSR count). The van der Waals surface area contributed by atoms with E-state index < -0.39 is 5.97 Å². The van der Waals surface area contributed by atoms with E-state index in [1.807, 2.05) is 18.3 Å². The van der Waals surface area contributed by atoms with E-state index in [0.717, 1.165) is 68.6 Å². The van der Waals surface area contributed by atoms with Crippen molar-refractivity contribution in [3.63, 3.8) is 0 Å². The number of aryl methyl sites for hydroxylation is 1. The van der Waals surface area contributed by atoms with Gasteiger partial charge in [-0.3, -0.25) is 4.90 Å². The Bertz CT molecular complexity index is 993. The van der Waals surface area contributed by atoms with Gasteiger partial charge < -0.3 is 15.0 Å². The number of unbranched alkanes of at least 4 members (excludes halogenated alkanes) is 1. The maximum absolute atomic E-state index is 13.4. The number of piperazine rings is 1. The van der Waals surface area contributed by atoms with Crippen LogP contribution in [0, 0.1) is 5.82 Å². The molecule has 2 aromatic carbocycles. The lowest BCUT2D eigenvalue weighted by molar-refractivity contribution is 0.0697. The van der Waals surface area contributed by atoms with Crippen molar-refractivity contribution in [3.05, 3.63) is 65.6 Å². The molecule has 0 bridgehead atoms. The molecule has 0 atom stereocenters. The van der Waals surface area contributed by atoms with Gasteiger partial charge in [-0.1, -0.05) is 6.07 Å². The zero-order valence-corrected chi connectivity index (χ0v) is 16.4. The smallest absolute Gasteiger partial charge is 0.335 e. The highest BCUT2D eigenvalue weighted by Crippen LogP contribution is 2.22. The summed E-state index contributed by atoms with van der Waals surface area (Å²) in [4.78, 5) is 19.1. The Balaban J connectivity index is 1.24. The Labute approximate surface area is 169 Å². The minimum absolute atomic E-state index is 0.183. The number of hydrogen-bond donors (Lipinski definition) is 2. The Morgan fingerprint density at radius 2 is 1.90 bits per heavy atom. The normalized spacial score (nSPS) is 15.1. The van der Waals surface area contributed by atoms with Crippen LogP contribution in [0.3, 0.4) is 0 Å². The largest absolute Gasteiger partial charge is 0.478 e. The van der Waals surface area contributed by atoms with E-state index >= 15 is 0 Å². The fourth-order valence-electron chi connectivity index (χ4n) is 4.07. The number of carboxylic acids is 1. The van der Waals surface area contributed by atoms with Crippen molar-refractivity contribution in [2.24, 2.45) is 0 Å². The molecule has 152 valence electrons. The fourth-order valence-corrected chi connectivity index (χ4v) is 4.07. The number of anilines is 1. The number of fused-ring (bicyclic) bond motifs is 1. The van der Waals surface area contributed by atoms with Gasteiger partial charge in [-0.2, -0.15) is 0 Å². The van der Waals surface area contributed by atoms with E-state index in [1.54, 1.807) is 24.3 Å². The number of halogens is 1. The second kappa shape index (κ2) is 8.66. The van der Waals surface area contributed by atoms with Gasteiger partial charge in [0.1, 0.15) is 5.82 Å². The van der Waals surface area contributed by atoms with Crippen LogP contribution < -0.4 is 4.90 Å². The molecule has 2 heterocycles. The number of aromatic nitrogens is 1. The number of nitrogens with zero attached hydrogens (tertiary/aromatic N) is 2. The second-order valence-electron chi connectivity index (χ2n) is 7.65. The lowest BCUT2D eigenvalue weighted by Gasteiger charge is -2.36. The highest BCUT2D eigenvalue weighted by atomic mass is 19.1. The Morgan fingerprint density at radius 3 is 2.66 bits per heavy atom. The zero-order valence-electron chi connectivity index (χ0n) is 16.4. The molecule has 0 unspecified atom stereocenters. The van der Waals surface area contributed by atoms with Crippen molar-refractivity contribution >= 4 is 22.6 Å². The molecule has 3 aromatic rings. The molecule has 29 heavy (non-hydrogen) atoms. The van der Waals surface area contributed by atoms with Crippen LogP contribution in [-0.2, 0) is 6.42 Å². The number of H-pyrrole nitrogens is 1. The summed E-state index contributed by atoms with van der Waals surface area (Å²) < 4.78 is 13.4. The van der Waals surface area contributed by atoms with Crippen molar-refractivity contribution in [3.8, 4) is 0 Å². The number of carbonyl (C=O) groups is 1. The number of hydrogen-bond acceptors (Lipinski definition) is 3. The Kier molecular flexibility index (Phi) is 5.81. The lowest BCUT2D eigenvalue weighted by atomic mass is 10.0. The molecular formula is C23H26FN3O2. The molecule has 0 spiro atoms. The monoisotopic (exact) mass is 395 g/mol. The maximum atomic E-state index is 13.4. The molecular weight excluding hydrogens is 369 g/mol. The molecule has 1 aromatic heterocycles. The highest BCUT2D eigenvalue weighted by Gasteiger charge is 2.17. The first-order valence-electron chi connectivity index (χ1n) is 10.2. The third-order valence-corrected chi connectivity index (χ3v) is 5.73. The van der Waals surface area contributed by atoms with Crippen LogP contribution in [-0.4, -0.2) is 53.7 Å². The van der Waals surface area contributed by atoms with E-state index in [9.17, 15) is 14.3 Å². The number of aromatic amines is 1. The SMILES string of the molecule is O=C(O)c1ccc2[nH]cc(CCCCN3CCN(c4cccc(F)c4)CC3)c2c1. The molecule has 1 fully saturated rings. The summed E-state index contributed by atoms with van der Waals surface area (Å²) in [7, 11) is 0. The van der Waals surface area contributed by atoms with Crippen LogP contribution in [0.1, 0.15) is 28.8 Å². The van der Waals surface area contributed by atoms with E-state index in [2.05, 4.69) is 14.8 Å². The standard InChI is InChI=1S/C23H26FN3O2/c24-19-5-3-6-20(15-19)27-12-10-26(11-13-27)9-2-1-4-18-16-25-22-8-7-17(23(28)29)14-21(18)22/h3,5-8,14-16,25H,1-2,4,9-13H2,(H,28,29). The number of aromatic carboxylic acids is 1. The summed E-state index contributed by atoms with van der Waals surface area (Å²) in [6.07, 6.45) is 5.10. The van der Waals surface area contributed by atoms with Gasteiger partial charge in [-0.05, 0) is 67.8 Å². The van der Waals surface area contributed by atoms with Crippen LogP contribution in [0.2, 0.25) is 0 Å². The van der Waals surface area contributed by atoms with E-state index in [4.69, 9.17) is 0 Å². The molecule has 5 nitrogen and oxygen atoms in total. The number of carboxylic acid groups (broad SMARTS) is 1. The summed E-state index contributed by atoms with van der Waals surface area (Å²) in [5.74, 6) is -1.07. The first-order valence-corrected chi connectivity index (χ1v) is 10.2. The average molecular weight is 395 g/mol. The first kappa shape index (κ1) is 19.5. The van der Waals surface area contributed by atoms with E-state index in [1.165, 1.54) is 11.6 Å². The number of nitrogens with one attached hydrogen (secondary N) is 1. The molecule has 0 amide bonds.